The molecule has 1 amide bonds. The molecule has 0 unspecified atom stereocenters. The maximum Gasteiger partial charge on any atom is 0.416 e. The number of methoxy groups -OCH3 is 1. The van der Waals surface area contributed by atoms with Gasteiger partial charge in [0.25, 0.3) is 11.5 Å². The molecule has 0 spiro atoms. The molecule has 1 aromatic carbocycles. The first kappa shape index (κ1) is 25.2. The van der Waals surface area contributed by atoms with E-state index in [1.807, 2.05) is 0 Å². The van der Waals surface area contributed by atoms with Gasteiger partial charge in [0.2, 0.25) is 5.13 Å². The van der Waals surface area contributed by atoms with Crippen LogP contribution in [0.15, 0.2) is 47.7 Å². The Morgan fingerprint density at radius 1 is 1.18 bits per heavy atom. The number of pyridine rings is 1. The third-order valence-electron chi connectivity index (χ3n) is 5.69. The summed E-state index contributed by atoms with van der Waals surface area (Å²) in [4.78, 5) is 26.4. The molecule has 3 heterocycles. The molecule has 13 heteroatoms. The number of hydrogen-bond acceptors (Lipinski definition) is 7. The van der Waals surface area contributed by atoms with Crippen LogP contribution in [0.25, 0.3) is 16.8 Å². The van der Waals surface area contributed by atoms with Gasteiger partial charge in [-0.15, -0.1) is 10.2 Å². The number of alkyl halides is 3. The number of carbonyl (C=O) groups is 1. The van der Waals surface area contributed by atoms with Crippen LogP contribution >= 0.6 is 11.3 Å². The summed E-state index contributed by atoms with van der Waals surface area (Å²) in [5.74, 6) is 5.64. The fourth-order valence-electron chi connectivity index (χ4n) is 3.64. The highest BCUT2D eigenvalue weighted by atomic mass is 32.1. The van der Waals surface area contributed by atoms with Crippen molar-refractivity contribution in [1.29, 1.82) is 0 Å². The smallest absolute Gasteiger partial charge is 0.416 e. The van der Waals surface area contributed by atoms with Crippen molar-refractivity contribution in [2.24, 2.45) is 13.0 Å². The average molecular weight is 541 g/mol. The number of nitrogens with one attached hydrogen (secondary N) is 1. The van der Waals surface area contributed by atoms with Gasteiger partial charge in [0, 0.05) is 42.6 Å². The number of aromatic nitrogens is 5. The molecule has 3 aromatic heterocycles. The number of nitrogens with zero attached hydrogens (tertiary/aromatic N) is 5. The lowest BCUT2D eigenvalue weighted by atomic mass is 9.98. The van der Waals surface area contributed by atoms with Crippen molar-refractivity contribution in [2.75, 3.05) is 12.4 Å². The maximum absolute atomic E-state index is 13.6. The van der Waals surface area contributed by atoms with Crippen molar-refractivity contribution in [2.45, 2.75) is 19.0 Å². The molecule has 1 N–H and O–H groups in total. The second-order valence-electron chi connectivity index (χ2n) is 8.50. The number of aryl methyl sites for hydroxylation is 1. The fourth-order valence-corrected chi connectivity index (χ4v) is 4.25. The summed E-state index contributed by atoms with van der Waals surface area (Å²) < 4.78 is 48.7. The molecule has 1 fully saturated rings. The molecule has 0 aliphatic heterocycles. The summed E-state index contributed by atoms with van der Waals surface area (Å²) in [6, 6.07) is 3.96. The van der Waals surface area contributed by atoms with Crippen LogP contribution in [0.5, 0.6) is 5.75 Å². The van der Waals surface area contributed by atoms with Crippen LogP contribution in [0.4, 0.5) is 18.3 Å². The average Bonchev–Trinajstić information content (AvgIpc) is 3.45. The quantitative estimate of drug-likeness (QED) is 0.382. The predicted molar refractivity (Wildman–Crippen MR) is 133 cm³/mol. The van der Waals surface area contributed by atoms with Crippen LogP contribution in [0, 0.1) is 17.8 Å². The maximum atomic E-state index is 13.6. The van der Waals surface area contributed by atoms with Crippen LogP contribution in [-0.2, 0) is 13.2 Å². The molecule has 1 aliphatic carbocycles. The zero-order valence-electron chi connectivity index (χ0n) is 20.0. The topological polar surface area (TPSA) is 104 Å². The third kappa shape index (κ3) is 5.30. The van der Waals surface area contributed by atoms with Crippen LogP contribution in [0.2, 0.25) is 0 Å². The Bertz CT molecular complexity index is 1660. The second kappa shape index (κ2) is 9.79. The molecule has 38 heavy (non-hydrogen) atoms. The third-order valence-corrected chi connectivity index (χ3v) is 6.44. The van der Waals surface area contributed by atoms with Gasteiger partial charge in [0.1, 0.15) is 5.75 Å². The van der Waals surface area contributed by atoms with Crippen molar-refractivity contribution in [3.63, 3.8) is 0 Å². The van der Waals surface area contributed by atoms with Crippen molar-refractivity contribution in [3.8, 4) is 34.4 Å². The number of amides is 1. The highest BCUT2D eigenvalue weighted by Gasteiger charge is 2.32. The van der Waals surface area contributed by atoms with Gasteiger partial charge in [-0.3, -0.25) is 24.2 Å². The predicted octanol–water partition coefficient (Wildman–Crippen LogP) is 4.13. The van der Waals surface area contributed by atoms with Crippen LogP contribution < -0.4 is 15.6 Å². The number of rotatable bonds is 5. The van der Waals surface area contributed by atoms with E-state index in [4.69, 9.17) is 4.74 Å². The van der Waals surface area contributed by atoms with Gasteiger partial charge in [-0.1, -0.05) is 17.3 Å². The number of benzene rings is 1. The molecule has 194 valence electrons. The summed E-state index contributed by atoms with van der Waals surface area (Å²) in [6.07, 6.45) is 1.70. The van der Waals surface area contributed by atoms with E-state index >= 15 is 0 Å². The van der Waals surface area contributed by atoms with Gasteiger partial charge in [-0.05, 0) is 37.0 Å². The SMILES string of the molecule is COc1ccc(C(F)(F)F)cc1-c1cn(-c2cnn(C)c2)c(=O)cc1C(=O)Nc1nnc(C#CC2CC2)s1. The molecule has 9 nitrogen and oxygen atoms in total. The lowest BCUT2D eigenvalue weighted by Gasteiger charge is -2.17. The largest absolute Gasteiger partial charge is 0.496 e. The van der Waals surface area contributed by atoms with Crippen molar-refractivity contribution < 1.29 is 22.7 Å². The highest BCUT2D eigenvalue weighted by Crippen LogP contribution is 2.38. The standard InChI is InChI=1S/C25H19F3N6O3S/c1-33-12-16(11-29-33)34-13-19(17-9-15(25(26,27)28)6-7-20(17)37-2)18(10-22(34)35)23(36)30-24-32-31-21(38-24)8-5-14-3-4-14/h6-7,9-14H,3-4H2,1-2H3,(H,30,32,36). The van der Waals surface area contributed by atoms with E-state index in [1.165, 1.54) is 28.8 Å². The van der Waals surface area contributed by atoms with Gasteiger partial charge in [0.15, 0.2) is 5.01 Å². The first-order valence-electron chi connectivity index (χ1n) is 11.3. The van der Waals surface area contributed by atoms with Gasteiger partial charge in [-0.25, -0.2) is 0 Å². The van der Waals surface area contributed by atoms with Gasteiger partial charge >= 0.3 is 6.18 Å². The number of ether oxygens (including phenoxy) is 1. The van der Waals surface area contributed by atoms with E-state index in [1.54, 1.807) is 13.2 Å². The Labute approximate surface area is 217 Å². The van der Waals surface area contributed by atoms with Gasteiger partial charge < -0.3 is 4.74 Å². The number of anilines is 1. The number of carbonyl (C=O) groups excluding carboxylic acids is 1. The molecule has 0 atom stereocenters. The molecule has 5 rings (SSSR count). The van der Waals surface area contributed by atoms with Crippen molar-refractivity contribution in [1.82, 2.24) is 24.5 Å². The number of hydrogen-bond donors (Lipinski definition) is 1. The summed E-state index contributed by atoms with van der Waals surface area (Å²) in [5.41, 5.74) is -1.34. The summed E-state index contributed by atoms with van der Waals surface area (Å²) in [5, 5.41) is 15.0. The molecule has 4 aromatic rings. The first-order valence-corrected chi connectivity index (χ1v) is 12.1. The Morgan fingerprint density at radius 3 is 2.63 bits per heavy atom. The monoisotopic (exact) mass is 540 g/mol. The van der Waals surface area contributed by atoms with E-state index in [0.717, 1.165) is 48.4 Å². The van der Waals surface area contributed by atoms with E-state index in [0.29, 0.717) is 16.6 Å². The second-order valence-corrected chi connectivity index (χ2v) is 9.48. The molecular formula is C25H19F3N6O3S. The molecule has 0 bridgehead atoms. The van der Waals surface area contributed by atoms with Gasteiger partial charge in [0.05, 0.1) is 30.1 Å². The van der Waals surface area contributed by atoms with Crippen LogP contribution in [0.3, 0.4) is 0 Å². The Kier molecular flexibility index (Phi) is 6.50. The van der Waals surface area contributed by atoms with E-state index < -0.39 is 23.2 Å². The van der Waals surface area contributed by atoms with E-state index in [-0.39, 0.29) is 27.6 Å². The minimum absolute atomic E-state index is 0.0293. The van der Waals surface area contributed by atoms with E-state index in [2.05, 4.69) is 32.5 Å². The normalized spacial score (nSPS) is 13.1. The fraction of sp³-hybridized carbons (Fsp3) is 0.240. The lowest BCUT2D eigenvalue weighted by molar-refractivity contribution is -0.137. The Morgan fingerprint density at radius 2 is 1.97 bits per heavy atom. The number of halogens is 3. The Hall–Kier alpha value is -4.44. The van der Waals surface area contributed by atoms with Crippen LogP contribution in [-0.4, -0.2) is 37.6 Å². The molecule has 1 aliphatic rings. The lowest BCUT2D eigenvalue weighted by Crippen LogP contribution is -2.22. The molecular weight excluding hydrogens is 521 g/mol. The van der Waals surface area contributed by atoms with Crippen LogP contribution in [0.1, 0.15) is 33.8 Å². The first-order chi connectivity index (χ1) is 18.1. The van der Waals surface area contributed by atoms with Crippen molar-refractivity contribution >= 4 is 22.4 Å². The van der Waals surface area contributed by atoms with Crippen molar-refractivity contribution in [3.05, 3.63) is 69.3 Å². The zero-order valence-corrected chi connectivity index (χ0v) is 20.9. The minimum atomic E-state index is -4.65. The zero-order chi connectivity index (χ0) is 27.0. The highest BCUT2D eigenvalue weighted by molar-refractivity contribution is 7.15. The summed E-state index contributed by atoms with van der Waals surface area (Å²) in [6.45, 7) is 0. The molecule has 1 saturated carbocycles. The minimum Gasteiger partial charge on any atom is -0.496 e. The summed E-state index contributed by atoms with van der Waals surface area (Å²) in [7, 11) is 2.95. The molecule has 0 radical (unpaired) electrons. The Balaban J connectivity index is 1.61. The molecule has 0 saturated heterocycles. The van der Waals surface area contributed by atoms with E-state index in [9.17, 15) is 22.8 Å². The summed E-state index contributed by atoms with van der Waals surface area (Å²) >= 11 is 1.05. The van der Waals surface area contributed by atoms with Gasteiger partial charge in [-0.2, -0.15) is 18.3 Å².